The van der Waals surface area contributed by atoms with Crippen LogP contribution in [0.5, 0.6) is 0 Å². The van der Waals surface area contributed by atoms with Crippen LogP contribution in [0.1, 0.15) is 25.0 Å². The van der Waals surface area contributed by atoms with Gasteiger partial charge in [0.15, 0.2) is 0 Å². The summed E-state index contributed by atoms with van der Waals surface area (Å²) < 4.78 is 16.5. The molecule has 1 aromatic heterocycles. The van der Waals surface area contributed by atoms with Gasteiger partial charge in [-0.3, -0.25) is 4.79 Å². The van der Waals surface area contributed by atoms with Crippen LogP contribution in [-0.2, 0) is 27.1 Å². The number of rotatable bonds is 6. The van der Waals surface area contributed by atoms with Gasteiger partial charge >= 0.3 is 0 Å². The molecule has 1 saturated heterocycles. The van der Waals surface area contributed by atoms with E-state index in [0.717, 1.165) is 23.0 Å². The molecule has 2 unspecified atom stereocenters. The fourth-order valence-electron chi connectivity index (χ4n) is 2.96. The molecule has 1 aliphatic heterocycles. The highest BCUT2D eigenvalue weighted by atomic mass is 16.5. The van der Waals surface area contributed by atoms with E-state index >= 15 is 0 Å². The summed E-state index contributed by atoms with van der Waals surface area (Å²) in [6.45, 7) is 5.71. The molecule has 0 spiro atoms. The van der Waals surface area contributed by atoms with Crippen molar-refractivity contribution in [2.75, 3.05) is 19.8 Å². The van der Waals surface area contributed by atoms with Crippen LogP contribution in [0.15, 0.2) is 28.9 Å². The van der Waals surface area contributed by atoms with Crippen LogP contribution in [0, 0.1) is 0 Å². The Morgan fingerprint density at radius 3 is 3.00 bits per heavy atom. The number of fused-ring (bicyclic) bond motifs is 1. The van der Waals surface area contributed by atoms with Crippen molar-refractivity contribution in [3.05, 3.63) is 35.6 Å². The summed E-state index contributed by atoms with van der Waals surface area (Å²) >= 11 is 0. The van der Waals surface area contributed by atoms with Crippen LogP contribution in [-0.4, -0.2) is 37.9 Å². The van der Waals surface area contributed by atoms with Gasteiger partial charge in [0, 0.05) is 17.6 Å². The largest absolute Gasteiger partial charge is 0.464 e. The Kier molecular flexibility index (Phi) is 4.98. The summed E-state index contributed by atoms with van der Waals surface area (Å²) in [5.41, 5.74) is 2.97. The fourth-order valence-corrected chi connectivity index (χ4v) is 2.96. The van der Waals surface area contributed by atoms with Crippen LogP contribution in [0.4, 0.5) is 0 Å². The molecule has 5 heteroatoms. The minimum atomic E-state index is -0.0770. The molecule has 5 nitrogen and oxygen atoms in total. The van der Waals surface area contributed by atoms with Crippen LogP contribution in [0.3, 0.4) is 0 Å². The lowest BCUT2D eigenvalue weighted by Crippen LogP contribution is -2.44. The normalized spacial score (nSPS) is 21.0. The Morgan fingerprint density at radius 2 is 2.22 bits per heavy atom. The maximum Gasteiger partial charge on any atom is 0.224 e. The summed E-state index contributed by atoms with van der Waals surface area (Å²) in [7, 11) is 0. The molecule has 0 aliphatic carbocycles. The summed E-state index contributed by atoms with van der Waals surface area (Å²) in [4.78, 5) is 12.4. The van der Waals surface area contributed by atoms with Crippen LogP contribution in [0.25, 0.3) is 11.0 Å². The minimum absolute atomic E-state index is 0.0326. The smallest absolute Gasteiger partial charge is 0.224 e. The molecule has 1 aromatic carbocycles. The second-order valence-corrected chi connectivity index (χ2v) is 5.83. The van der Waals surface area contributed by atoms with E-state index < -0.39 is 0 Å². The number of amides is 1. The van der Waals surface area contributed by atoms with Crippen LogP contribution < -0.4 is 5.32 Å². The summed E-state index contributed by atoms with van der Waals surface area (Å²) in [5, 5.41) is 4.03. The van der Waals surface area contributed by atoms with Crippen molar-refractivity contribution in [3.63, 3.8) is 0 Å². The molecular formula is C18H23NO4. The molecule has 1 N–H and O–H groups in total. The van der Waals surface area contributed by atoms with Gasteiger partial charge in [0.2, 0.25) is 5.91 Å². The van der Waals surface area contributed by atoms with E-state index in [-0.39, 0.29) is 18.1 Å². The number of nitrogens with one attached hydrogen (secondary N) is 1. The van der Waals surface area contributed by atoms with Crippen molar-refractivity contribution in [1.29, 1.82) is 0 Å². The first-order valence-corrected chi connectivity index (χ1v) is 8.19. The number of hydrogen-bond acceptors (Lipinski definition) is 4. The number of ether oxygens (including phenoxy) is 2. The number of furan rings is 1. The van der Waals surface area contributed by atoms with Gasteiger partial charge in [-0.05, 0) is 31.0 Å². The van der Waals surface area contributed by atoms with E-state index in [0.29, 0.717) is 26.2 Å². The van der Waals surface area contributed by atoms with E-state index in [1.807, 2.05) is 13.0 Å². The predicted molar refractivity (Wildman–Crippen MR) is 87.5 cm³/mol. The second kappa shape index (κ2) is 7.15. The average molecular weight is 317 g/mol. The zero-order valence-electron chi connectivity index (χ0n) is 13.6. The first-order valence-electron chi connectivity index (χ1n) is 8.19. The molecular weight excluding hydrogens is 294 g/mol. The molecule has 0 saturated carbocycles. The van der Waals surface area contributed by atoms with Crippen LogP contribution in [0.2, 0.25) is 0 Å². The van der Waals surface area contributed by atoms with Gasteiger partial charge in [-0.15, -0.1) is 0 Å². The van der Waals surface area contributed by atoms with E-state index in [4.69, 9.17) is 13.9 Å². The van der Waals surface area contributed by atoms with Gasteiger partial charge in [-0.1, -0.05) is 13.0 Å². The highest BCUT2D eigenvalue weighted by molar-refractivity contribution is 5.88. The fraction of sp³-hybridized carbons (Fsp3) is 0.500. The van der Waals surface area contributed by atoms with E-state index in [9.17, 15) is 4.79 Å². The maximum absolute atomic E-state index is 12.4. The Hall–Kier alpha value is -1.85. The highest BCUT2D eigenvalue weighted by Crippen LogP contribution is 2.23. The SMILES string of the molecule is CCOC1COCC1NC(=O)Cc1coc2ccc(CC)cc12. The van der Waals surface area contributed by atoms with E-state index in [2.05, 4.69) is 24.4 Å². The molecule has 23 heavy (non-hydrogen) atoms. The molecule has 0 bridgehead atoms. The monoisotopic (exact) mass is 317 g/mol. The molecule has 1 aliphatic rings. The number of hydrogen-bond donors (Lipinski definition) is 1. The number of carbonyl (C=O) groups excluding carboxylic acids is 1. The van der Waals surface area contributed by atoms with E-state index in [1.165, 1.54) is 5.56 Å². The Bertz CT molecular complexity index is 679. The van der Waals surface area contributed by atoms with E-state index in [1.54, 1.807) is 6.26 Å². The maximum atomic E-state index is 12.4. The second-order valence-electron chi connectivity index (χ2n) is 5.83. The molecule has 1 fully saturated rings. The predicted octanol–water partition coefficient (Wildman–Crippen LogP) is 2.46. The Labute approximate surface area is 135 Å². The third-order valence-corrected chi connectivity index (χ3v) is 4.23. The average Bonchev–Trinajstić information content (AvgIpc) is 3.15. The van der Waals surface area contributed by atoms with Crippen molar-refractivity contribution in [3.8, 4) is 0 Å². The third kappa shape index (κ3) is 3.57. The van der Waals surface area contributed by atoms with Gasteiger partial charge in [0.1, 0.15) is 11.7 Å². The molecule has 0 radical (unpaired) electrons. The Morgan fingerprint density at radius 1 is 1.35 bits per heavy atom. The number of carbonyl (C=O) groups is 1. The van der Waals surface area contributed by atoms with Gasteiger partial charge < -0.3 is 19.2 Å². The highest BCUT2D eigenvalue weighted by Gasteiger charge is 2.30. The molecule has 2 aromatic rings. The quantitative estimate of drug-likeness (QED) is 0.889. The molecule has 1 amide bonds. The molecule has 2 heterocycles. The van der Waals surface area contributed by atoms with Gasteiger partial charge in [-0.2, -0.15) is 0 Å². The van der Waals surface area contributed by atoms with Crippen LogP contribution >= 0.6 is 0 Å². The van der Waals surface area contributed by atoms with Gasteiger partial charge in [0.25, 0.3) is 0 Å². The first kappa shape index (κ1) is 16.0. The van der Waals surface area contributed by atoms with Gasteiger partial charge in [-0.25, -0.2) is 0 Å². The van der Waals surface area contributed by atoms with Crippen molar-refractivity contribution in [2.45, 2.75) is 38.8 Å². The zero-order valence-corrected chi connectivity index (χ0v) is 13.6. The Balaban J connectivity index is 1.68. The lowest BCUT2D eigenvalue weighted by Gasteiger charge is -2.18. The standard InChI is InChI=1S/C18H23NO4/c1-3-12-5-6-16-14(7-12)13(9-23-16)8-18(20)19-15-10-21-11-17(15)22-4-2/h5-7,9,15,17H,3-4,8,10-11H2,1-2H3,(H,19,20). The summed E-state index contributed by atoms with van der Waals surface area (Å²) in [6, 6.07) is 6.04. The summed E-state index contributed by atoms with van der Waals surface area (Å²) in [6.07, 6.45) is 2.88. The topological polar surface area (TPSA) is 60.7 Å². The van der Waals surface area contributed by atoms with Gasteiger partial charge in [0.05, 0.1) is 31.9 Å². The lowest BCUT2D eigenvalue weighted by atomic mass is 10.1. The van der Waals surface area contributed by atoms with Crippen molar-refractivity contribution >= 4 is 16.9 Å². The number of benzene rings is 1. The lowest BCUT2D eigenvalue weighted by molar-refractivity contribution is -0.121. The third-order valence-electron chi connectivity index (χ3n) is 4.23. The van der Waals surface area contributed by atoms with Crippen molar-refractivity contribution in [1.82, 2.24) is 5.32 Å². The molecule has 2 atom stereocenters. The number of aryl methyl sites for hydroxylation is 1. The molecule has 3 rings (SSSR count). The summed E-state index contributed by atoms with van der Waals surface area (Å²) in [5.74, 6) is -0.0326. The van der Waals surface area contributed by atoms with Crippen molar-refractivity contribution < 1.29 is 18.7 Å². The van der Waals surface area contributed by atoms with Crippen molar-refractivity contribution in [2.24, 2.45) is 0 Å². The molecule has 124 valence electrons. The first-order chi connectivity index (χ1) is 11.2. The zero-order chi connectivity index (χ0) is 16.2. The minimum Gasteiger partial charge on any atom is -0.464 e.